The predicted octanol–water partition coefficient (Wildman–Crippen LogP) is 4.10. The standard InChI is InChI=1S/C17H27NO/c1-13-12-16(19-6)14(2)11-15(13)9-7-8-10-18-17(3,4)5/h7,9,11-12,18H,8,10H2,1-6H3/b9-7+. The number of benzene rings is 1. The van der Waals surface area contributed by atoms with E-state index < -0.39 is 0 Å². The van der Waals surface area contributed by atoms with Gasteiger partial charge in [-0.25, -0.2) is 0 Å². The molecule has 19 heavy (non-hydrogen) atoms. The van der Waals surface area contributed by atoms with Gasteiger partial charge in [-0.15, -0.1) is 0 Å². The van der Waals surface area contributed by atoms with Gasteiger partial charge in [0.15, 0.2) is 0 Å². The molecule has 0 saturated heterocycles. The van der Waals surface area contributed by atoms with E-state index in [4.69, 9.17) is 4.74 Å². The minimum Gasteiger partial charge on any atom is -0.496 e. The van der Waals surface area contributed by atoms with Crippen LogP contribution >= 0.6 is 0 Å². The quantitative estimate of drug-likeness (QED) is 0.806. The lowest BCUT2D eigenvalue weighted by Crippen LogP contribution is -2.36. The molecule has 0 saturated carbocycles. The summed E-state index contributed by atoms with van der Waals surface area (Å²) in [6.45, 7) is 11.8. The highest BCUT2D eigenvalue weighted by Crippen LogP contribution is 2.23. The van der Waals surface area contributed by atoms with Crippen molar-refractivity contribution in [3.8, 4) is 5.75 Å². The molecule has 0 aliphatic heterocycles. The lowest BCUT2D eigenvalue weighted by molar-refractivity contribution is 0.411. The average molecular weight is 261 g/mol. The molecule has 0 atom stereocenters. The number of methoxy groups -OCH3 is 1. The van der Waals surface area contributed by atoms with Gasteiger partial charge < -0.3 is 10.1 Å². The van der Waals surface area contributed by atoms with E-state index in [0.29, 0.717) is 0 Å². The van der Waals surface area contributed by atoms with Gasteiger partial charge in [-0.2, -0.15) is 0 Å². The van der Waals surface area contributed by atoms with E-state index in [-0.39, 0.29) is 5.54 Å². The topological polar surface area (TPSA) is 21.3 Å². The molecule has 106 valence electrons. The van der Waals surface area contributed by atoms with Crippen LogP contribution in [-0.4, -0.2) is 19.2 Å². The van der Waals surface area contributed by atoms with Gasteiger partial charge in [0.25, 0.3) is 0 Å². The third kappa shape index (κ3) is 5.48. The lowest BCUT2D eigenvalue weighted by atomic mass is 10.0. The third-order valence-corrected chi connectivity index (χ3v) is 3.05. The number of rotatable bonds is 5. The average Bonchev–Trinajstić information content (AvgIpc) is 2.31. The van der Waals surface area contributed by atoms with E-state index in [9.17, 15) is 0 Å². The molecule has 0 heterocycles. The van der Waals surface area contributed by atoms with Crippen LogP contribution in [0.1, 0.15) is 43.9 Å². The van der Waals surface area contributed by atoms with Crippen LogP contribution in [0.2, 0.25) is 0 Å². The minimum atomic E-state index is 0.195. The highest BCUT2D eigenvalue weighted by Gasteiger charge is 2.06. The molecule has 1 rings (SSSR count). The second kappa shape index (κ2) is 6.76. The van der Waals surface area contributed by atoms with E-state index >= 15 is 0 Å². The number of nitrogens with one attached hydrogen (secondary N) is 1. The molecular weight excluding hydrogens is 234 g/mol. The number of hydrogen-bond donors (Lipinski definition) is 1. The van der Waals surface area contributed by atoms with Crippen molar-refractivity contribution in [2.24, 2.45) is 0 Å². The summed E-state index contributed by atoms with van der Waals surface area (Å²) >= 11 is 0. The second-order valence-corrected chi connectivity index (χ2v) is 6.05. The maximum Gasteiger partial charge on any atom is 0.122 e. The van der Waals surface area contributed by atoms with E-state index in [1.807, 2.05) is 0 Å². The van der Waals surface area contributed by atoms with E-state index in [1.54, 1.807) is 7.11 Å². The summed E-state index contributed by atoms with van der Waals surface area (Å²) in [4.78, 5) is 0. The van der Waals surface area contributed by atoms with Gasteiger partial charge in [0.2, 0.25) is 0 Å². The summed E-state index contributed by atoms with van der Waals surface area (Å²) in [7, 11) is 1.72. The molecule has 0 unspecified atom stereocenters. The summed E-state index contributed by atoms with van der Waals surface area (Å²) in [5.74, 6) is 0.962. The SMILES string of the molecule is COc1cc(C)c(/C=C/CCNC(C)(C)C)cc1C. The van der Waals surface area contributed by atoms with Crippen molar-refractivity contribution in [2.45, 2.75) is 46.6 Å². The van der Waals surface area contributed by atoms with Crippen molar-refractivity contribution >= 4 is 6.08 Å². The van der Waals surface area contributed by atoms with Crippen LogP contribution in [0.3, 0.4) is 0 Å². The van der Waals surface area contributed by atoms with E-state index in [0.717, 1.165) is 18.7 Å². The van der Waals surface area contributed by atoms with Crippen molar-refractivity contribution < 1.29 is 4.74 Å². The summed E-state index contributed by atoms with van der Waals surface area (Å²) in [6.07, 6.45) is 5.47. The first-order chi connectivity index (χ1) is 8.83. The van der Waals surface area contributed by atoms with Gasteiger partial charge in [-0.1, -0.05) is 12.2 Å². The Kier molecular flexibility index (Phi) is 5.61. The molecular formula is C17H27NO. The van der Waals surface area contributed by atoms with Crippen molar-refractivity contribution in [1.82, 2.24) is 5.32 Å². The summed E-state index contributed by atoms with van der Waals surface area (Å²) < 4.78 is 5.33. The predicted molar refractivity (Wildman–Crippen MR) is 83.9 cm³/mol. The molecule has 0 aliphatic carbocycles. The maximum atomic E-state index is 5.33. The molecule has 1 aromatic rings. The van der Waals surface area contributed by atoms with Crippen LogP contribution < -0.4 is 10.1 Å². The molecule has 0 radical (unpaired) electrons. The minimum absolute atomic E-state index is 0.195. The fraction of sp³-hybridized carbons (Fsp3) is 0.529. The Morgan fingerprint density at radius 2 is 1.84 bits per heavy atom. The largest absolute Gasteiger partial charge is 0.496 e. The fourth-order valence-corrected chi connectivity index (χ4v) is 1.95. The monoisotopic (exact) mass is 261 g/mol. The molecule has 0 spiro atoms. The highest BCUT2D eigenvalue weighted by molar-refractivity contribution is 5.57. The zero-order valence-electron chi connectivity index (χ0n) is 13.1. The normalized spacial score (nSPS) is 12.1. The molecule has 0 aromatic heterocycles. The first kappa shape index (κ1) is 15.8. The Labute approximate surface area is 117 Å². The van der Waals surface area contributed by atoms with Crippen LogP contribution in [0.15, 0.2) is 18.2 Å². The zero-order valence-corrected chi connectivity index (χ0v) is 13.1. The molecule has 2 nitrogen and oxygen atoms in total. The maximum absolute atomic E-state index is 5.33. The van der Waals surface area contributed by atoms with E-state index in [2.05, 4.69) is 64.2 Å². The van der Waals surface area contributed by atoms with Gasteiger partial charge in [0, 0.05) is 5.54 Å². The van der Waals surface area contributed by atoms with Gasteiger partial charge in [0.05, 0.1) is 7.11 Å². The Morgan fingerprint density at radius 3 is 2.42 bits per heavy atom. The van der Waals surface area contributed by atoms with Crippen molar-refractivity contribution in [1.29, 1.82) is 0 Å². The van der Waals surface area contributed by atoms with Crippen molar-refractivity contribution in [2.75, 3.05) is 13.7 Å². The fourth-order valence-electron chi connectivity index (χ4n) is 1.95. The van der Waals surface area contributed by atoms with Crippen molar-refractivity contribution in [3.63, 3.8) is 0 Å². The van der Waals surface area contributed by atoms with Gasteiger partial charge in [-0.05, 0) is 76.4 Å². The summed E-state index contributed by atoms with van der Waals surface area (Å²) in [6, 6.07) is 4.28. The van der Waals surface area contributed by atoms with E-state index in [1.165, 1.54) is 16.7 Å². The first-order valence-corrected chi connectivity index (χ1v) is 6.90. The lowest BCUT2D eigenvalue weighted by Gasteiger charge is -2.19. The number of ether oxygens (including phenoxy) is 1. The Hall–Kier alpha value is -1.28. The highest BCUT2D eigenvalue weighted by atomic mass is 16.5. The van der Waals surface area contributed by atoms with Gasteiger partial charge in [-0.3, -0.25) is 0 Å². The Bertz CT molecular complexity index is 441. The Balaban J connectivity index is 2.60. The molecule has 1 aromatic carbocycles. The van der Waals surface area contributed by atoms with Gasteiger partial charge >= 0.3 is 0 Å². The molecule has 2 heteroatoms. The first-order valence-electron chi connectivity index (χ1n) is 6.90. The Morgan fingerprint density at radius 1 is 1.16 bits per heavy atom. The zero-order chi connectivity index (χ0) is 14.5. The van der Waals surface area contributed by atoms with Gasteiger partial charge in [0.1, 0.15) is 5.75 Å². The second-order valence-electron chi connectivity index (χ2n) is 6.05. The number of aryl methyl sites for hydroxylation is 2. The smallest absolute Gasteiger partial charge is 0.122 e. The molecule has 0 aliphatic rings. The van der Waals surface area contributed by atoms with Crippen LogP contribution in [0, 0.1) is 13.8 Å². The third-order valence-electron chi connectivity index (χ3n) is 3.05. The number of hydrogen-bond acceptors (Lipinski definition) is 2. The van der Waals surface area contributed by atoms with Crippen LogP contribution in [0.5, 0.6) is 5.75 Å². The molecule has 0 fully saturated rings. The van der Waals surface area contributed by atoms with Crippen LogP contribution in [0.4, 0.5) is 0 Å². The molecule has 0 bridgehead atoms. The molecule has 1 N–H and O–H groups in total. The van der Waals surface area contributed by atoms with Crippen molar-refractivity contribution in [3.05, 3.63) is 34.9 Å². The van der Waals surface area contributed by atoms with Crippen LogP contribution in [0.25, 0.3) is 6.08 Å². The summed E-state index contributed by atoms with van der Waals surface area (Å²) in [5, 5.41) is 3.48. The van der Waals surface area contributed by atoms with Crippen LogP contribution in [-0.2, 0) is 0 Å². The summed E-state index contributed by atoms with van der Waals surface area (Å²) in [5.41, 5.74) is 3.90. The molecule has 0 amide bonds.